The number of carbonyl (C=O) groups is 2. The second kappa shape index (κ2) is 5.21. The summed E-state index contributed by atoms with van der Waals surface area (Å²) in [6.07, 6.45) is -0.693. The topological polar surface area (TPSA) is 52.6 Å². The van der Waals surface area contributed by atoms with Gasteiger partial charge < -0.3 is 9.47 Å². The minimum Gasteiger partial charge on any atom is -0.413 e. The summed E-state index contributed by atoms with van der Waals surface area (Å²) in [5.74, 6) is 0. The van der Waals surface area contributed by atoms with Crippen molar-refractivity contribution < 1.29 is 19.1 Å². The fourth-order valence-electron chi connectivity index (χ4n) is 0.397. The van der Waals surface area contributed by atoms with Crippen molar-refractivity contribution in [1.82, 2.24) is 0 Å². The van der Waals surface area contributed by atoms with Gasteiger partial charge in [-0.25, -0.2) is 9.59 Å². The van der Waals surface area contributed by atoms with E-state index in [0.717, 1.165) is 0 Å². The highest BCUT2D eigenvalue weighted by molar-refractivity contribution is 6.61. The van der Waals surface area contributed by atoms with Crippen LogP contribution in [0.4, 0.5) is 9.59 Å². The maximum atomic E-state index is 10.1. The number of hydrogen-bond donors (Lipinski definition) is 0. The van der Waals surface area contributed by atoms with E-state index in [1.165, 1.54) is 0 Å². The molecule has 0 aliphatic carbocycles. The van der Waals surface area contributed by atoms with Gasteiger partial charge in [-0.05, 0) is 0 Å². The highest BCUT2D eigenvalue weighted by Crippen LogP contribution is 2.05. The summed E-state index contributed by atoms with van der Waals surface area (Å²) in [4.78, 5) is 20.2. The second-order valence-corrected chi connectivity index (χ2v) is 2.17. The molecule has 64 valence electrons. The first kappa shape index (κ1) is 10.5. The fraction of sp³-hybridized carbons (Fsp3) is 0.600. The molecule has 4 nitrogen and oxygen atoms in total. The Morgan fingerprint density at radius 2 is 1.64 bits per heavy atom. The Kier molecular flexibility index (Phi) is 4.98. The molecule has 0 aromatic carbocycles. The molecular formula is C5H6Cl2O4. The molecule has 0 aromatic heterocycles. The summed E-state index contributed by atoms with van der Waals surface area (Å²) in [5.41, 5.74) is -2.07. The van der Waals surface area contributed by atoms with E-state index in [2.05, 4.69) is 9.47 Å². The number of ether oxygens (including phenoxy) is 2. The fourth-order valence-corrected chi connectivity index (χ4v) is 0.596. The zero-order chi connectivity index (χ0) is 8.85. The Balaban J connectivity index is 3.76. The molecule has 0 aromatic rings. The van der Waals surface area contributed by atoms with E-state index in [4.69, 9.17) is 23.2 Å². The molecule has 6 heteroatoms. The number of rotatable bonds is 3. The van der Waals surface area contributed by atoms with Crippen LogP contribution in [0, 0.1) is 0 Å². The van der Waals surface area contributed by atoms with Crippen LogP contribution in [0.15, 0.2) is 0 Å². The van der Waals surface area contributed by atoms with Crippen molar-refractivity contribution in [2.45, 2.75) is 19.6 Å². The van der Waals surface area contributed by atoms with Gasteiger partial charge in [0.25, 0.3) is 0 Å². The summed E-state index contributed by atoms with van der Waals surface area (Å²) in [6.45, 7) is 1.64. The lowest BCUT2D eigenvalue weighted by molar-refractivity contribution is -0.0452. The van der Waals surface area contributed by atoms with E-state index in [1.54, 1.807) is 6.92 Å². The van der Waals surface area contributed by atoms with E-state index >= 15 is 0 Å². The SMILES string of the molecule is CCC(OC(=O)Cl)OC(=O)Cl. The molecule has 0 unspecified atom stereocenters. The van der Waals surface area contributed by atoms with Gasteiger partial charge >= 0.3 is 10.9 Å². The van der Waals surface area contributed by atoms with E-state index in [-0.39, 0.29) is 0 Å². The lowest BCUT2D eigenvalue weighted by Gasteiger charge is -2.11. The molecule has 0 heterocycles. The summed E-state index contributed by atoms with van der Waals surface area (Å²) in [7, 11) is 0. The standard InChI is InChI=1S/C5H6Cl2O4/c1-2-3(10-4(6)8)11-5(7)9/h3H,2H2,1H3. The summed E-state index contributed by atoms with van der Waals surface area (Å²) >= 11 is 9.68. The van der Waals surface area contributed by atoms with Gasteiger partial charge in [0.15, 0.2) is 0 Å². The third-order valence-corrected chi connectivity index (χ3v) is 0.960. The summed E-state index contributed by atoms with van der Waals surface area (Å²) in [5, 5.41) is 0. The van der Waals surface area contributed by atoms with E-state index in [1.807, 2.05) is 0 Å². The van der Waals surface area contributed by atoms with Gasteiger partial charge in [0.1, 0.15) is 0 Å². The molecule has 0 aliphatic heterocycles. The molecule has 0 spiro atoms. The van der Waals surface area contributed by atoms with E-state index in [9.17, 15) is 9.59 Å². The van der Waals surface area contributed by atoms with Crippen LogP contribution in [0.5, 0.6) is 0 Å². The Morgan fingerprint density at radius 1 is 1.27 bits per heavy atom. The largest absolute Gasteiger partial charge is 0.413 e. The first-order valence-electron chi connectivity index (χ1n) is 2.78. The normalized spacial score (nSPS) is 9.45. The second-order valence-electron chi connectivity index (χ2n) is 1.55. The maximum absolute atomic E-state index is 10.1. The molecule has 0 amide bonds. The molecule has 0 saturated heterocycles. The third-order valence-electron chi connectivity index (χ3n) is 0.782. The van der Waals surface area contributed by atoms with Crippen LogP contribution in [0.1, 0.15) is 13.3 Å². The highest BCUT2D eigenvalue weighted by atomic mass is 35.5. The van der Waals surface area contributed by atoms with E-state index < -0.39 is 17.1 Å². The zero-order valence-electron chi connectivity index (χ0n) is 5.67. The Bertz CT molecular complexity index is 143. The Hall–Kier alpha value is -0.480. The van der Waals surface area contributed by atoms with Crippen molar-refractivity contribution in [2.24, 2.45) is 0 Å². The van der Waals surface area contributed by atoms with Crippen molar-refractivity contribution in [3.05, 3.63) is 0 Å². The van der Waals surface area contributed by atoms with Crippen molar-refractivity contribution >= 4 is 34.1 Å². The van der Waals surface area contributed by atoms with Crippen molar-refractivity contribution in [3.8, 4) is 0 Å². The van der Waals surface area contributed by atoms with Gasteiger partial charge in [0, 0.05) is 29.6 Å². The molecule has 0 saturated carbocycles. The maximum Gasteiger partial charge on any atom is 0.406 e. The Morgan fingerprint density at radius 3 is 1.82 bits per heavy atom. The Labute approximate surface area is 73.4 Å². The minimum absolute atomic E-state index is 0.303. The minimum atomic E-state index is -1.03. The third kappa shape index (κ3) is 5.94. The van der Waals surface area contributed by atoms with Crippen LogP contribution in [0.25, 0.3) is 0 Å². The number of halogens is 2. The molecular weight excluding hydrogens is 195 g/mol. The van der Waals surface area contributed by atoms with Crippen LogP contribution in [0.3, 0.4) is 0 Å². The van der Waals surface area contributed by atoms with E-state index in [0.29, 0.717) is 6.42 Å². The molecule has 0 bridgehead atoms. The number of carbonyl (C=O) groups excluding carboxylic acids is 2. The van der Waals surface area contributed by atoms with Crippen LogP contribution < -0.4 is 0 Å². The van der Waals surface area contributed by atoms with Crippen LogP contribution in [-0.2, 0) is 9.47 Å². The predicted octanol–water partition coefficient (Wildman–Crippen LogP) is 2.47. The molecule has 0 atom stereocenters. The van der Waals surface area contributed by atoms with Crippen molar-refractivity contribution in [1.29, 1.82) is 0 Å². The monoisotopic (exact) mass is 200 g/mol. The van der Waals surface area contributed by atoms with Gasteiger partial charge in [-0.3, -0.25) is 0 Å². The van der Waals surface area contributed by atoms with Crippen LogP contribution in [-0.4, -0.2) is 17.1 Å². The van der Waals surface area contributed by atoms with Crippen LogP contribution >= 0.6 is 23.2 Å². The quantitative estimate of drug-likeness (QED) is 0.519. The predicted molar refractivity (Wildman–Crippen MR) is 38.7 cm³/mol. The molecule has 0 fully saturated rings. The molecule has 11 heavy (non-hydrogen) atoms. The molecule has 0 aliphatic rings. The number of hydrogen-bond acceptors (Lipinski definition) is 4. The van der Waals surface area contributed by atoms with Gasteiger partial charge in [-0.1, -0.05) is 6.92 Å². The van der Waals surface area contributed by atoms with Gasteiger partial charge in [0.2, 0.25) is 6.29 Å². The van der Waals surface area contributed by atoms with Crippen molar-refractivity contribution in [3.63, 3.8) is 0 Å². The van der Waals surface area contributed by atoms with Gasteiger partial charge in [-0.2, -0.15) is 0 Å². The van der Waals surface area contributed by atoms with Gasteiger partial charge in [-0.15, -0.1) is 0 Å². The summed E-state index contributed by atoms with van der Waals surface area (Å²) < 4.78 is 8.62. The lowest BCUT2D eigenvalue weighted by Crippen LogP contribution is -2.18. The average Bonchev–Trinajstić information content (AvgIpc) is 1.84. The summed E-state index contributed by atoms with van der Waals surface area (Å²) in [6, 6.07) is 0. The average molecular weight is 201 g/mol. The highest BCUT2D eigenvalue weighted by Gasteiger charge is 2.13. The van der Waals surface area contributed by atoms with Gasteiger partial charge in [0.05, 0.1) is 0 Å². The molecule has 0 N–H and O–H groups in total. The van der Waals surface area contributed by atoms with Crippen molar-refractivity contribution in [2.75, 3.05) is 0 Å². The zero-order valence-corrected chi connectivity index (χ0v) is 7.19. The van der Waals surface area contributed by atoms with Crippen LogP contribution in [0.2, 0.25) is 0 Å². The first-order valence-corrected chi connectivity index (χ1v) is 3.54. The lowest BCUT2D eigenvalue weighted by atomic mass is 10.5. The molecule has 0 radical (unpaired) electrons. The first-order chi connectivity index (χ1) is 5.06. The molecule has 0 rings (SSSR count). The smallest absolute Gasteiger partial charge is 0.406 e.